The zero-order valence-electron chi connectivity index (χ0n) is 14.7. The lowest BCUT2D eigenvalue weighted by molar-refractivity contribution is -0.121. The molecule has 5 nitrogen and oxygen atoms in total. The number of aromatic nitrogens is 1. The fourth-order valence-electron chi connectivity index (χ4n) is 2.87. The van der Waals surface area contributed by atoms with Crippen LogP contribution in [0.4, 0.5) is 0 Å². The van der Waals surface area contributed by atoms with Gasteiger partial charge in [-0.05, 0) is 42.0 Å². The second kappa shape index (κ2) is 8.34. The van der Waals surface area contributed by atoms with E-state index in [1.165, 1.54) is 5.56 Å². The first kappa shape index (κ1) is 17.7. The predicted molar refractivity (Wildman–Crippen MR) is 103 cm³/mol. The molecule has 1 heterocycles. The van der Waals surface area contributed by atoms with E-state index in [0.29, 0.717) is 30.7 Å². The van der Waals surface area contributed by atoms with Gasteiger partial charge >= 0.3 is 0 Å². The van der Waals surface area contributed by atoms with E-state index in [2.05, 4.69) is 10.3 Å². The summed E-state index contributed by atoms with van der Waals surface area (Å²) in [6.07, 6.45) is 1.50. The fraction of sp³-hybridized carbons (Fsp3) is 0.238. The summed E-state index contributed by atoms with van der Waals surface area (Å²) < 4.78 is 5.17. The van der Waals surface area contributed by atoms with E-state index in [-0.39, 0.29) is 11.5 Å². The number of pyridine rings is 1. The number of aromatic amines is 1. The highest BCUT2D eigenvalue weighted by atomic mass is 16.5. The number of carbonyl (C=O) groups excluding carboxylic acids is 1. The molecule has 3 rings (SSSR count). The summed E-state index contributed by atoms with van der Waals surface area (Å²) in [5.41, 5.74) is 2.36. The number of amides is 1. The molecule has 0 atom stereocenters. The Morgan fingerprint density at radius 2 is 1.88 bits per heavy atom. The topological polar surface area (TPSA) is 71.2 Å². The van der Waals surface area contributed by atoms with Crippen LogP contribution in [-0.2, 0) is 17.6 Å². The molecule has 1 aromatic heterocycles. The molecule has 2 N–H and O–H groups in total. The second-order valence-electron chi connectivity index (χ2n) is 6.16. The molecule has 0 aliphatic heterocycles. The molecule has 0 aliphatic carbocycles. The largest absolute Gasteiger partial charge is 0.497 e. The van der Waals surface area contributed by atoms with Crippen molar-refractivity contribution >= 4 is 16.8 Å². The number of H-pyrrole nitrogens is 1. The van der Waals surface area contributed by atoms with Crippen LogP contribution in [-0.4, -0.2) is 24.5 Å². The van der Waals surface area contributed by atoms with E-state index >= 15 is 0 Å². The molecular formula is C21H22N2O3. The molecule has 0 radical (unpaired) electrons. The fourth-order valence-corrected chi connectivity index (χ4v) is 2.87. The standard InChI is InChI=1S/C21H22N2O3/c1-26-18-9-7-16-13-17(21(25)23-19(16)14-18)8-10-20(24)22-12-11-15-5-3-2-4-6-15/h2-7,9,13-14H,8,10-12H2,1H3,(H,22,24)(H,23,25). The summed E-state index contributed by atoms with van der Waals surface area (Å²) in [6, 6.07) is 17.4. The normalized spacial score (nSPS) is 10.7. The maximum atomic E-state index is 12.2. The van der Waals surface area contributed by atoms with E-state index in [1.54, 1.807) is 13.2 Å². The Labute approximate surface area is 152 Å². The number of ether oxygens (including phenoxy) is 1. The molecule has 1 amide bonds. The Bertz CT molecular complexity index is 948. The van der Waals surface area contributed by atoms with E-state index in [4.69, 9.17) is 4.74 Å². The van der Waals surface area contributed by atoms with Crippen LogP contribution in [0.2, 0.25) is 0 Å². The van der Waals surface area contributed by atoms with E-state index in [1.807, 2.05) is 48.5 Å². The summed E-state index contributed by atoms with van der Waals surface area (Å²) in [5.74, 6) is 0.647. The number of hydrogen-bond acceptors (Lipinski definition) is 3. The maximum Gasteiger partial charge on any atom is 0.251 e. The van der Waals surface area contributed by atoms with Crippen LogP contribution in [0.5, 0.6) is 5.75 Å². The molecule has 0 saturated carbocycles. The minimum Gasteiger partial charge on any atom is -0.497 e. The highest BCUT2D eigenvalue weighted by Crippen LogP contribution is 2.18. The van der Waals surface area contributed by atoms with Crippen LogP contribution in [0.15, 0.2) is 59.4 Å². The first-order chi connectivity index (χ1) is 12.7. The third-order valence-corrected chi connectivity index (χ3v) is 4.33. The number of nitrogens with one attached hydrogen (secondary N) is 2. The van der Waals surface area contributed by atoms with E-state index in [0.717, 1.165) is 17.3 Å². The van der Waals surface area contributed by atoms with E-state index < -0.39 is 0 Å². The summed E-state index contributed by atoms with van der Waals surface area (Å²) in [4.78, 5) is 27.1. The molecular weight excluding hydrogens is 328 g/mol. The van der Waals surface area contributed by atoms with Crippen LogP contribution >= 0.6 is 0 Å². The number of carbonyl (C=O) groups is 1. The molecule has 0 saturated heterocycles. The van der Waals surface area contributed by atoms with Crippen LogP contribution in [0.1, 0.15) is 17.5 Å². The van der Waals surface area contributed by atoms with Crippen LogP contribution in [0.25, 0.3) is 10.9 Å². The molecule has 0 bridgehead atoms. The summed E-state index contributed by atoms with van der Waals surface area (Å²) in [5, 5.41) is 3.83. The monoisotopic (exact) mass is 350 g/mol. The predicted octanol–water partition coefficient (Wildman–Crippen LogP) is 2.83. The minimum atomic E-state index is -0.164. The minimum absolute atomic E-state index is 0.0461. The third-order valence-electron chi connectivity index (χ3n) is 4.33. The lowest BCUT2D eigenvalue weighted by Crippen LogP contribution is -2.26. The van der Waals surface area contributed by atoms with Gasteiger partial charge in [0.05, 0.1) is 12.6 Å². The van der Waals surface area contributed by atoms with Crippen molar-refractivity contribution in [1.82, 2.24) is 10.3 Å². The van der Waals surface area contributed by atoms with Gasteiger partial charge in [0, 0.05) is 24.6 Å². The van der Waals surface area contributed by atoms with Crippen LogP contribution in [0.3, 0.4) is 0 Å². The molecule has 134 valence electrons. The van der Waals surface area contributed by atoms with Crippen molar-refractivity contribution in [3.8, 4) is 5.75 Å². The van der Waals surface area contributed by atoms with Crippen molar-refractivity contribution in [2.45, 2.75) is 19.3 Å². The Morgan fingerprint density at radius 1 is 1.08 bits per heavy atom. The molecule has 5 heteroatoms. The average Bonchev–Trinajstić information content (AvgIpc) is 2.66. The molecule has 0 fully saturated rings. The van der Waals surface area contributed by atoms with Gasteiger partial charge in [0.25, 0.3) is 5.56 Å². The Hall–Kier alpha value is -3.08. The highest BCUT2D eigenvalue weighted by Gasteiger charge is 2.07. The Morgan fingerprint density at radius 3 is 2.65 bits per heavy atom. The van der Waals surface area contributed by atoms with Gasteiger partial charge in [-0.1, -0.05) is 30.3 Å². The van der Waals surface area contributed by atoms with Gasteiger partial charge in [-0.25, -0.2) is 0 Å². The van der Waals surface area contributed by atoms with E-state index in [9.17, 15) is 9.59 Å². The number of aryl methyl sites for hydroxylation is 1. The van der Waals surface area contributed by atoms with Crippen LogP contribution < -0.4 is 15.6 Å². The number of benzene rings is 2. The molecule has 26 heavy (non-hydrogen) atoms. The lowest BCUT2D eigenvalue weighted by Gasteiger charge is -2.07. The number of fused-ring (bicyclic) bond motifs is 1. The second-order valence-corrected chi connectivity index (χ2v) is 6.16. The lowest BCUT2D eigenvalue weighted by atomic mass is 10.1. The highest BCUT2D eigenvalue weighted by molar-refractivity contribution is 5.81. The van der Waals surface area contributed by atoms with Gasteiger partial charge in [-0.2, -0.15) is 0 Å². The summed E-state index contributed by atoms with van der Waals surface area (Å²) >= 11 is 0. The van der Waals surface area contributed by atoms with Crippen LogP contribution in [0, 0.1) is 0 Å². The van der Waals surface area contributed by atoms with Gasteiger partial charge in [0.15, 0.2) is 0 Å². The first-order valence-electron chi connectivity index (χ1n) is 8.66. The summed E-state index contributed by atoms with van der Waals surface area (Å²) in [6.45, 7) is 0.594. The SMILES string of the molecule is COc1ccc2cc(CCC(=O)NCCc3ccccc3)c(=O)[nH]c2c1. The van der Waals surface area contributed by atoms with Gasteiger partial charge in [-0.15, -0.1) is 0 Å². The zero-order valence-corrected chi connectivity index (χ0v) is 14.7. The number of hydrogen-bond donors (Lipinski definition) is 2. The number of methoxy groups -OCH3 is 1. The first-order valence-corrected chi connectivity index (χ1v) is 8.66. The maximum absolute atomic E-state index is 12.2. The molecule has 3 aromatic rings. The van der Waals surface area contributed by atoms with Gasteiger partial charge in [-0.3, -0.25) is 9.59 Å². The third kappa shape index (κ3) is 4.51. The Balaban J connectivity index is 1.56. The molecule has 0 spiro atoms. The smallest absolute Gasteiger partial charge is 0.251 e. The zero-order chi connectivity index (χ0) is 18.4. The number of rotatable bonds is 7. The van der Waals surface area contributed by atoms with Crippen molar-refractivity contribution in [1.29, 1.82) is 0 Å². The molecule has 2 aromatic carbocycles. The molecule has 0 aliphatic rings. The summed E-state index contributed by atoms with van der Waals surface area (Å²) in [7, 11) is 1.59. The van der Waals surface area contributed by atoms with Crippen molar-refractivity contribution in [2.75, 3.05) is 13.7 Å². The average molecular weight is 350 g/mol. The van der Waals surface area contributed by atoms with Gasteiger partial charge in [0.1, 0.15) is 5.75 Å². The Kier molecular flexibility index (Phi) is 5.69. The van der Waals surface area contributed by atoms with Crippen molar-refractivity contribution in [3.63, 3.8) is 0 Å². The van der Waals surface area contributed by atoms with Crippen molar-refractivity contribution < 1.29 is 9.53 Å². The quantitative estimate of drug-likeness (QED) is 0.688. The van der Waals surface area contributed by atoms with Crippen molar-refractivity contribution in [2.24, 2.45) is 0 Å². The molecule has 0 unspecified atom stereocenters. The van der Waals surface area contributed by atoms with Gasteiger partial charge < -0.3 is 15.0 Å². The van der Waals surface area contributed by atoms with Gasteiger partial charge in [0.2, 0.25) is 5.91 Å². The van der Waals surface area contributed by atoms with Crippen molar-refractivity contribution in [3.05, 3.63) is 76.1 Å².